The lowest BCUT2D eigenvalue weighted by molar-refractivity contribution is -0.276. The van der Waals surface area contributed by atoms with Gasteiger partial charge in [0.1, 0.15) is 17.4 Å². The largest absolute Gasteiger partial charge is 0.573 e. The van der Waals surface area contributed by atoms with Gasteiger partial charge >= 0.3 is 6.36 Å². The molecule has 2 nitrogen and oxygen atoms in total. The van der Waals surface area contributed by atoms with Crippen LogP contribution in [0.5, 0.6) is 11.5 Å². The first-order chi connectivity index (χ1) is 20.0. The Bertz CT molecular complexity index is 1490. The van der Waals surface area contributed by atoms with Gasteiger partial charge in [-0.3, -0.25) is 0 Å². The third-order valence-electron chi connectivity index (χ3n) is 7.03. The van der Waals surface area contributed by atoms with Gasteiger partial charge in [-0.2, -0.15) is 0 Å². The third-order valence-corrected chi connectivity index (χ3v) is 7.03. The Balaban J connectivity index is 1.37. The fourth-order valence-corrected chi connectivity index (χ4v) is 4.80. The average Bonchev–Trinajstić information content (AvgIpc) is 2.93. The standard InChI is InChI=1S/C33H31F7O2/c1-2-3-4-5-16-41-26-14-13-23(28(34)20-26)9-6-21-8-15-27-25(17-21)12-11-24(31(27)37)10-7-22-18-29(35)32(30(36)19-22)42-33(38,39)40/h8,11-15,17-20H,2-7,9-10,16H2,1H3. The van der Waals surface area contributed by atoms with Crippen molar-refractivity contribution in [3.8, 4) is 11.5 Å². The monoisotopic (exact) mass is 592 g/mol. The molecule has 4 rings (SSSR count). The molecule has 0 amide bonds. The van der Waals surface area contributed by atoms with Gasteiger partial charge in [0.25, 0.3) is 0 Å². The van der Waals surface area contributed by atoms with Crippen molar-refractivity contribution >= 4 is 10.8 Å². The van der Waals surface area contributed by atoms with E-state index in [1.54, 1.807) is 36.4 Å². The minimum atomic E-state index is -5.23. The molecule has 42 heavy (non-hydrogen) atoms. The van der Waals surface area contributed by atoms with Crippen LogP contribution in [-0.4, -0.2) is 13.0 Å². The molecule has 0 radical (unpaired) electrons. The highest BCUT2D eigenvalue weighted by Gasteiger charge is 2.34. The number of aryl methyl sites for hydroxylation is 4. The molecule has 0 unspecified atom stereocenters. The second-order valence-corrected chi connectivity index (χ2v) is 10.2. The van der Waals surface area contributed by atoms with Crippen LogP contribution >= 0.6 is 0 Å². The van der Waals surface area contributed by atoms with Crippen molar-refractivity contribution < 1.29 is 40.2 Å². The number of halogens is 7. The zero-order valence-electron chi connectivity index (χ0n) is 23.1. The zero-order valence-corrected chi connectivity index (χ0v) is 23.1. The molecular weight excluding hydrogens is 561 g/mol. The molecule has 224 valence electrons. The molecule has 0 bridgehead atoms. The molecule has 0 saturated heterocycles. The quantitative estimate of drug-likeness (QED) is 0.114. The smallest absolute Gasteiger partial charge is 0.493 e. The van der Waals surface area contributed by atoms with Gasteiger partial charge in [-0.05, 0) is 77.9 Å². The molecule has 9 heteroatoms. The Kier molecular flexibility index (Phi) is 10.4. The van der Waals surface area contributed by atoms with E-state index in [1.807, 2.05) is 6.07 Å². The van der Waals surface area contributed by atoms with Crippen molar-refractivity contribution in [2.75, 3.05) is 6.61 Å². The van der Waals surface area contributed by atoms with Gasteiger partial charge in [-0.15, -0.1) is 13.2 Å². The van der Waals surface area contributed by atoms with Crippen molar-refractivity contribution in [1.82, 2.24) is 0 Å². The Morgan fingerprint density at radius 1 is 0.643 bits per heavy atom. The van der Waals surface area contributed by atoms with E-state index in [4.69, 9.17) is 4.74 Å². The molecule has 0 fully saturated rings. The first-order valence-electron chi connectivity index (χ1n) is 13.9. The summed E-state index contributed by atoms with van der Waals surface area (Å²) in [6, 6.07) is 14.9. The van der Waals surface area contributed by atoms with Gasteiger partial charge in [-0.25, -0.2) is 17.6 Å². The minimum Gasteiger partial charge on any atom is -0.493 e. The number of benzene rings is 4. The normalized spacial score (nSPS) is 11.7. The summed E-state index contributed by atoms with van der Waals surface area (Å²) in [5, 5.41) is 1.00. The third kappa shape index (κ3) is 8.39. The Labute approximate surface area is 240 Å². The summed E-state index contributed by atoms with van der Waals surface area (Å²) in [4.78, 5) is 0. The molecule has 0 aliphatic heterocycles. The maximum Gasteiger partial charge on any atom is 0.573 e. The van der Waals surface area contributed by atoms with Crippen LogP contribution in [0.25, 0.3) is 10.8 Å². The van der Waals surface area contributed by atoms with E-state index in [1.165, 1.54) is 6.07 Å². The summed E-state index contributed by atoms with van der Waals surface area (Å²) in [5.41, 5.74) is 1.81. The predicted molar refractivity (Wildman–Crippen MR) is 148 cm³/mol. The molecule has 0 N–H and O–H groups in total. The van der Waals surface area contributed by atoms with Crippen LogP contribution in [0.3, 0.4) is 0 Å². The molecule has 4 aromatic carbocycles. The van der Waals surface area contributed by atoms with E-state index in [-0.39, 0.29) is 24.2 Å². The van der Waals surface area contributed by atoms with E-state index < -0.39 is 29.6 Å². The maximum absolute atomic E-state index is 15.2. The van der Waals surface area contributed by atoms with E-state index in [9.17, 15) is 26.3 Å². The Morgan fingerprint density at radius 2 is 1.33 bits per heavy atom. The summed E-state index contributed by atoms with van der Waals surface area (Å²) >= 11 is 0. The van der Waals surface area contributed by atoms with Gasteiger partial charge < -0.3 is 9.47 Å². The number of ether oxygens (including phenoxy) is 2. The van der Waals surface area contributed by atoms with Crippen LogP contribution in [-0.2, 0) is 25.7 Å². The lowest BCUT2D eigenvalue weighted by Crippen LogP contribution is -2.19. The highest BCUT2D eigenvalue weighted by Crippen LogP contribution is 2.30. The van der Waals surface area contributed by atoms with Crippen molar-refractivity contribution in [3.05, 3.63) is 106 Å². The molecular formula is C33H31F7O2. The molecule has 0 aliphatic carbocycles. The number of rotatable bonds is 13. The second-order valence-electron chi connectivity index (χ2n) is 10.2. The maximum atomic E-state index is 15.2. The van der Waals surface area contributed by atoms with E-state index >= 15 is 4.39 Å². The summed E-state index contributed by atoms with van der Waals surface area (Å²) in [7, 11) is 0. The fraction of sp³-hybridized carbons (Fsp3) is 0.333. The SMILES string of the molecule is CCCCCCOc1ccc(CCc2ccc3c(F)c(CCc4cc(F)c(OC(F)(F)F)c(F)c4)ccc3c2)c(F)c1. The topological polar surface area (TPSA) is 18.5 Å². The highest BCUT2D eigenvalue weighted by atomic mass is 19.4. The van der Waals surface area contributed by atoms with Crippen LogP contribution in [0.4, 0.5) is 30.7 Å². The van der Waals surface area contributed by atoms with Crippen molar-refractivity contribution in [2.24, 2.45) is 0 Å². The Morgan fingerprint density at radius 3 is 2.02 bits per heavy atom. The fourth-order valence-electron chi connectivity index (χ4n) is 4.80. The van der Waals surface area contributed by atoms with Crippen molar-refractivity contribution in [1.29, 1.82) is 0 Å². The first kappa shape index (κ1) is 31.2. The van der Waals surface area contributed by atoms with Crippen molar-refractivity contribution in [2.45, 2.75) is 64.7 Å². The average molecular weight is 593 g/mol. The molecule has 0 aliphatic rings. The predicted octanol–water partition coefficient (Wildman–Crippen LogP) is 9.82. The summed E-state index contributed by atoms with van der Waals surface area (Å²) in [6.45, 7) is 2.69. The summed E-state index contributed by atoms with van der Waals surface area (Å²) in [5.74, 6) is -4.83. The van der Waals surface area contributed by atoms with E-state index in [0.717, 1.165) is 43.4 Å². The van der Waals surface area contributed by atoms with Gasteiger partial charge in [0, 0.05) is 11.5 Å². The number of alkyl halides is 3. The van der Waals surface area contributed by atoms with Gasteiger partial charge in [0.05, 0.1) is 6.61 Å². The number of hydrogen-bond donors (Lipinski definition) is 0. The Hall–Kier alpha value is -3.75. The van der Waals surface area contributed by atoms with Crippen LogP contribution in [0.15, 0.2) is 60.7 Å². The highest BCUT2D eigenvalue weighted by molar-refractivity contribution is 5.84. The number of hydrogen-bond acceptors (Lipinski definition) is 2. The van der Waals surface area contributed by atoms with Gasteiger partial charge in [0.2, 0.25) is 5.75 Å². The molecule has 0 spiro atoms. The second kappa shape index (κ2) is 13.9. The molecule has 0 saturated carbocycles. The van der Waals surface area contributed by atoms with Crippen LogP contribution in [0.1, 0.15) is 54.9 Å². The number of fused-ring (bicyclic) bond motifs is 1. The van der Waals surface area contributed by atoms with E-state index in [2.05, 4.69) is 11.7 Å². The van der Waals surface area contributed by atoms with Crippen molar-refractivity contribution in [3.63, 3.8) is 0 Å². The van der Waals surface area contributed by atoms with Crippen LogP contribution in [0.2, 0.25) is 0 Å². The van der Waals surface area contributed by atoms with E-state index in [0.29, 0.717) is 47.1 Å². The number of unbranched alkanes of at least 4 members (excludes halogenated alkanes) is 3. The van der Waals surface area contributed by atoms with Crippen LogP contribution < -0.4 is 9.47 Å². The lowest BCUT2D eigenvalue weighted by Gasteiger charge is -2.12. The molecule has 0 atom stereocenters. The lowest BCUT2D eigenvalue weighted by atomic mass is 9.97. The summed E-state index contributed by atoms with van der Waals surface area (Å²) in [6.07, 6.45) is 0.117. The molecule has 0 heterocycles. The summed E-state index contributed by atoms with van der Waals surface area (Å²) < 4.78 is 104. The molecule has 0 aromatic heterocycles. The van der Waals surface area contributed by atoms with Gasteiger partial charge in [0.15, 0.2) is 11.6 Å². The van der Waals surface area contributed by atoms with Crippen LogP contribution in [0, 0.1) is 23.3 Å². The first-order valence-corrected chi connectivity index (χ1v) is 13.9. The molecule has 4 aromatic rings. The minimum absolute atomic E-state index is 0.00506. The van der Waals surface area contributed by atoms with Gasteiger partial charge in [-0.1, -0.05) is 62.6 Å². The zero-order chi connectivity index (χ0) is 30.3.